The summed E-state index contributed by atoms with van der Waals surface area (Å²) in [6.45, 7) is 2.92. The summed E-state index contributed by atoms with van der Waals surface area (Å²) in [7, 11) is -9.74. The van der Waals surface area contributed by atoms with Gasteiger partial charge >= 0.3 is 7.60 Å². The molecule has 3 aromatic rings. The van der Waals surface area contributed by atoms with Crippen molar-refractivity contribution in [2.75, 3.05) is 0 Å². The normalized spacial score (nSPS) is 12.7. The minimum Gasteiger partial charge on any atom is -0.341 e. The topological polar surface area (TPSA) is 117 Å². The summed E-state index contributed by atoms with van der Waals surface area (Å²) >= 11 is 0. The summed E-state index contributed by atoms with van der Waals surface area (Å²) in [5.74, 6) is 0. The Labute approximate surface area is 304 Å². The fraction of sp³-hybridized carbons (Fsp3) is 0.333. The first-order valence-corrected chi connectivity index (χ1v) is 11.8. The number of hydrogen-bond donors (Lipinski definition) is 3. The van der Waals surface area contributed by atoms with Gasteiger partial charge in [0, 0.05) is 183 Å². The van der Waals surface area contributed by atoms with Gasteiger partial charge in [-0.2, -0.15) is 8.42 Å². The number of aromatic nitrogens is 1. The Morgan fingerprint density at radius 1 is 1.00 bits per heavy atom. The monoisotopic (exact) mass is 528 g/mol. The predicted molar refractivity (Wildman–Crippen MR) is 123 cm³/mol. The fourth-order valence-electron chi connectivity index (χ4n) is 3.57. The predicted octanol–water partition coefficient (Wildman–Crippen LogP) is 2.39. The van der Waals surface area contributed by atoms with E-state index in [1.54, 1.807) is 0 Å². The number of hydrogen-bond acceptors (Lipinski definition) is 3. The van der Waals surface area contributed by atoms with Gasteiger partial charge in [-0.15, -0.1) is 0 Å². The minimum atomic E-state index is -4.93. The molecule has 2 aromatic carbocycles. The molecule has 0 amide bonds. The van der Waals surface area contributed by atoms with Crippen LogP contribution in [0.15, 0.2) is 42.5 Å². The molecule has 0 bridgehead atoms. The van der Waals surface area contributed by atoms with E-state index < -0.39 is 22.7 Å². The fourth-order valence-corrected chi connectivity index (χ4v) is 5.94. The van der Waals surface area contributed by atoms with Crippen molar-refractivity contribution in [3.05, 3.63) is 48.0 Å². The van der Waals surface area contributed by atoms with Crippen LogP contribution in [0.1, 0.15) is 25.3 Å². The Hall–Kier alpha value is 3.21. The molecule has 3 N–H and O–H groups in total. The average molecular weight is 529 g/mol. The average Bonchev–Trinajstić information content (AvgIpc) is 2.89. The Bertz CT molecular complexity index is 1150. The third-order valence-electron chi connectivity index (χ3n) is 4.79. The van der Waals surface area contributed by atoms with Crippen LogP contribution >= 0.6 is 7.60 Å². The SMILES string of the molecule is CCn1c2ccccc2c2cc(CCCC(P(=O)(O)O)S(=O)(=O)O)ccc21.[K].[K].[K]. The van der Waals surface area contributed by atoms with Gasteiger partial charge in [-0.25, -0.2) is 0 Å². The van der Waals surface area contributed by atoms with E-state index >= 15 is 0 Å². The van der Waals surface area contributed by atoms with E-state index in [1.165, 1.54) is 0 Å². The summed E-state index contributed by atoms with van der Waals surface area (Å²) in [5.41, 5.74) is 3.19. The first kappa shape index (κ1) is 33.2. The summed E-state index contributed by atoms with van der Waals surface area (Å²) in [6, 6.07) is 14.1. The third kappa shape index (κ3) is 8.12. The van der Waals surface area contributed by atoms with E-state index in [0.717, 1.165) is 33.9 Å². The van der Waals surface area contributed by atoms with Crippen molar-refractivity contribution in [3.63, 3.8) is 0 Å². The molecule has 7 nitrogen and oxygen atoms in total. The Balaban J connectivity index is 0.00000280. The third-order valence-corrected chi connectivity index (χ3v) is 8.34. The summed E-state index contributed by atoms with van der Waals surface area (Å²) < 4.78 is 45.1. The van der Waals surface area contributed by atoms with E-state index in [-0.39, 0.29) is 167 Å². The van der Waals surface area contributed by atoms with Gasteiger partial charge in [0.25, 0.3) is 10.1 Å². The zero-order valence-corrected chi connectivity index (χ0v) is 28.9. The number of benzene rings is 2. The van der Waals surface area contributed by atoms with Gasteiger partial charge in [0.2, 0.25) is 0 Å². The standard InChI is InChI=1S/C18H22NO6PS.3K/c1-2-19-16-8-4-3-7-14(16)15-12-13(10-11-17(15)19)6-5-9-18(26(20,21)22)27(23,24)25;;;/h3-4,7-8,10-12,18H,2,5-6,9H2,1H3,(H2,20,21,22)(H,23,24,25);;;. The van der Waals surface area contributed by atoms with Crippen molar-refractivity contribution in [1.29, 1.82) is 0 Å². The van der Waals surface area contributed by atoms with Crippen LogP contribution in [0, 0.1) is 0 Å². The first-order chi connectivity index (χ1) is 12.6. The van der Waals surface area contributed by atoms with Crippen LogP contribution in [-0.4, -0.2) is 186 Å². The van der Waals surface area contributed by atoms with Gasteiger partial charge in [-0.05, 0) is 49.9 Å². The maximum atomic E-state index is 11.3. The van der Waals surface area contributed by atoms with Gasteiger partial charge in [0.05, 0.1) is 0 Å². The molecule has 3 radical (unpaired) electrons. The van der Waals surface area contributed by atoms with E-state index in [2.05, 4.69) is 23.6 Å². The molecule has 0 aliphatic carbocycles. The van der Waals surface area contributed by atoms with Crippen molar-refractivity contribution in [2.24, 2.45) is 0 Å². The van der Waals surface area contributed by atoms with Crippen LogP contribution in [0.2, 0.25) is 0 Å². The summed E-state index contributed by atoms with van der Waals surface area (Å²) in [4.78, 5) is 16.3. The summed E-state index contributed by atoms with van der Waals surface area (Å²) in [6.07, 6.45) is 0.374. The molecule has 0 fully saturated rings. The molecule has 0 saturated carbocycles. The number of aryl methyl sites for hydroxylation is 2. The molecule has 0 saturated heterocycles. The number of rotatable bonds is 7. The molecular formula is C18H22K3NO6PS. The minimum absolute atomic E-state index is 0. The van der Waals surface area contributed by atoms with Crippen molar-refractivity contribution in [2.45, 2.75) is 37.7 Å². The van der Waals surface area contributed by atoms with E-state index in [4.69, 9.17) is 14.3 Å². The van der Waals surface area contributed by atoms with Gasteiger partial charge in [-0.1, -0.05) is 24.3 Å². The molecule has 0 aliphatic heterocycles. The second kappa shape index (κ2) is 14.1. The zero-order chi connectivity index (χ0) is 19.8. The van der Waals surface area contributed by atoms with Crippen molar-refractivity contribution >= 4 is 194 Å². The molecule has 12 heteroatoms. The van der Waals surface area contributed by atoms with Crippen LogP contribution in [0.3, 0.4) is 0 Å². The Morgan fingerprint density at radius 3 is 2.17 bits per heavy atom. The van der Waals surface area contributed by atoms with Gasteiger partial charge in [-0.3, -0.25) is 9.12 Å². The smallest absolute Gasteiger partial charge is 0.341 e. The largest absolute Gasteiger partial charge is 0.346 e. The second-order valence-corrected chi connectivity index (χ2v) is 10.3. The molecule has 1 unspecified atom stereocenters. The molecule has 0 spiro atoms. The first-order valence-electron chi connectivity index (χ1n) is 8.64. The van der Waals surface area contributed by atoms with Gasteiger partial charge < -0.3 is 14.4 Å². The van der Waals surface area contributed by atoms with Crippen molar-refractivity contribution in [3.8, 4) is 0 Å². The van der Waals surface area contributed by atoms with E-state index in [9.17, 15) is 13.0 Å². The Kier molecular flexibility index (Phi) is 15.6. The molecule has 1 atom stereocenters. The molecular weight excluding hydrogens is 507 g/mol. The molecule has 1 heterocycles. The van der Waals surface area contributed by atoms with Gasteiger partial charge in [0.1, 0.15) is 0 Å². The zero-order valence-electron chi connectivity index (χ0n) is 17.8. The molecule has 149 valence electrons. The van der Waals surface area contributed by atoms with Crippen LogP contribution in [0.25, 0.3) is 21.8 Å². The van der Waals surface area contributed by atoms with Crippen molar-refractivity contribution < 1.29 is 27.3 Å². The van der Waals surface area contributed by atoms with Crippen LogP contribution in [0.5, 0.6) is 0 Å². The van der Waals surface area contributed by atoms with Crippen molar-refractivity contribution in [1.82, 2.24) is 4.57 Å². The Morgan fingerprint density at radius 2 is 1.60 bits per heavy atom. The quantitative estimate of drug-likeness (QED) is 0.246. The van der Waals surface area contributed by atoms with Crippen LogP contribution in [0.4, 0.5) is 0 Å². The second-order valence-electron chi connectivity index (χ2n) is 6.56. The molecule has 0 aliphatic rings. The van der Waals surface area contributed by atoms with Crippen LogP contribution in [-0.2, 0) is 27.6 Å². The number of fused-ring (bicyclic) bond motifs is 3. The molecule has 3 rings (SSSR count). The van der Waals surface area contributed by atoms with Gasteiger partial charge in [0.15, 0.2) is 4.99 Å². The van der Waals surface area contributed by atoms with Crippen LogP contribution < -0.4 is 0 Å². The molecule has 30 heavy (non-hydrogen) atoms. The maximum absolute atomic E-state index is 11.3. The number of nitrogens with zero attached hydrogens (tertiary/aromatic N) is 1. The van der Waals surface area contributed by atoms with E-state index in [0.29, 0.717) is 6.42 Å². The maximum Gasteiger partial charge on any atom is 0.346 e. The number of para-hydroxylation sites is 1. The van der Waals surface area contributed by atoms with E-state index in [1.807, 2.05) is 30.3 Å². The summed E-state index contributed by atoms with van der Waals surface area (Å²) in [5, 5.41) is 2.22. The molecule has 1 aromatic heterocycles.